The molecule has 0 saturated carbocycles. The number of ether oxygens (including phenoxy) is 2. The highest BCUT2D eigenvalue weighted by atomic mass is 19.1. The lowest BCUT2D eigenvalue weighted by atomic mass is 9.84. The first-order valence-corrected chi connectivity index (χ1v) is 12.1. The molecule has 2 aliphatic rings. The summed E-state index contributed by atoms with van der Waals surface area (Å²) in [6.45, 7) is 4.83. The Morgan fingerprint density at radius 1 is 0.971 bits per heavy atom. The molecule has 1 atom stereocenters. The van der Waals surface area contributed by atoms with Gasteiger partial charge in [-0.15, -0.1) is 0 Å². The molecule has 0 aromatic heterocycles. The maximum Gasteiger partial charge on any atom is 0.150 e. The van der Waals surface area contributed by atoms with Gasteiger partial charge in [-0.25, -0.2) is 0 Å². The average molecular weight is 476 g/mol. The Kier molecular flexibility index (Phi) is 6.64. The number of hydrogen-bond donors (Lipinski definition) is 2. The van der Waals surface area contributed by atoms with E-state index >= 15 is 0 Å². The Hall–Kier alpha value is -3.51. The van der Waals surface area contributed by atoms with E-state index in [0.717, 1.165) is 59.6 Å². The fourth-order valence-corrected chi connectivity index (χ4v) is 4.92. The smallest absolute Gasteiger partial charge is 0.150 e. The number of alkyl halides is 1. The van der Waals surface area contributed by atoms with Crippen LogP contribution in [0.2, 0.25) is 0 Å². The van der Waals surface area contributed by atoms with E-state index < -0.39 is 0 Å². The van der Waals surface area contributed by atoms with Gasteiger partial charge in [-0.2, -0.15) is 0 Å². The summed E-state index contributed by atoms with van der Waals surface area (Å²) in [5.74, 6) is 1.98. The molecule has 1 unspecified atom stereocenters. The van der Waals surface area contributed by atoms with Gasteiger partial charge in [-0.3, -0.25) is 9.29 Å². The molecule has 3 aromatic carbocycles. The van der Waals surface area contributed by atoms with Crippen molar-refractivity contribution in [2.75, 3.05) is 32.9 Å². The highest BCUT2D eigenvalue weighted by molar-refractivity contribution is 5.96. The molecule has 182 valence electrons. The number of allylic oxidation sites excluding steroid dienone is 1. The Bertz CT molecular complexity index is 1200. The van der Waals surface area contributed by atoms with Gasteiger partial charge in [0.05, 0.1) is 6.67 Å². The van der Waals surface area contributed by atoms with Crippen molar-refractivity contribution in [1.82, 2.24) is 4.90 Å². The molecule has 2 N–H and O–H groups in total. The van der Waals surface area contributed by atoms with Crippen LogP contribution in [0.1, 0.15) is 36.1 Å². The number of phenolic OH excluding ortho intramolecular Hbond substituents is 2. The monoisotopic (exact) mass is 475 g/mol. The molecule has 2 heterocycles. The van der Waals surface area contributed by atoms with E-state index in [1.165, 1.54) is 0 Å². The summed E-state index contributed by atoms with van der Waals surface area (Å²) >= 11 is 0. The van der Waals surface area contributed by atoms with Crippen molar-refractivity contribution in [3.05, 3.63) is 83.4 Å². The van der Waals surface area contributed by atoms with E-state index in [2.05, 4.69) is 11.8 Å². The lowest BCUT2D eigenvalue weighted by Crippen LogP contribution is -2.49. The maximum atomic E-state index is 12.6. The third-order valence-electron chi connectivity index (χ3n) is 6.76. The molecule has 5 rings (SSSR count). The van der Waals surface area contributed by atoms with Crippen LogP contribution in [0.3, 0.4) is 0 Å². The molecule has 0 radical (unpaired) electrons. The summed E-state index contributed by atoms with van der Waals surface area (Å²) in [4.78, 5) is 2.20. The van der Waals surface area contributed by atoms with Crippen LogP contribution in [0.25, 0.3) is 11.1 Å². The molecule has 1 saturated heterocycles. The number of halogens is 1. The second kappa shape index (κ2) is 10.0. The molecule has 0 aliphatic carbocycles. The molecule has 0 spiro atoms. The lowest BCUT2D eigenvalue weighted by Gasteiger charge is -2.37. The highest BCUT2D eigenvalue weighted by Crippen LogP contribution is 2.48. The van der Waals surface area contributed by atoms with Crippen molar-refractivity contribution in [3.8, 4) is 23.0 Å². The number of hydrogen-bond acceptors (Lipinski definition) is 5. The first-order valence-electron chi connectivity index (χ1n) is 12.1. The first-order chi connectivity index (χ1) is 17.1. The first kappa shape index (κ1) is 23.2. The van der Waals surface area contributed by atoms with Gasteiger partial charge in [-0.1, -0.05) is 31.2 Å². The zero-order valence-corrected chi connectivity index (χ0v) is 19.8. The molecule has 3 aromatic rings. The minimum Gasteiger partial charge on any atom is -0.508 e. The highest BCUT2D eigenvalue weighted by Gasteiger charge is 2.31. The fourth-order valence-electron chi connectivity index (χ4n) is 4.92. The zero-order valence-electron chi connectivity index (χ0n) is 19.8. The topological polar surface area (TPSA) is 62.2 Å². The van der Waals surface area contributed by atoms with E-state index in [-0.39, 0.29) is 30.2 Å². The van der Waals surface area contributed by atoms with E-state index in [1.807, 2.05) is 42.5 Å². The number of phenols is 2. The van der Waals surface area contributed by atoms with Crippen molar-refractivity contribution in [3.63, 3.8) is 0 Å². The largest absolute Gasteiger partial charge is 0.508 e. The van der Waals surface area contributed by atoms with Crippen molar-refractivity contribution in [1.29, 1.82) is 0 Å². The number of aromatic hydroxyl groups is 2. The molecular formula is C29H30FNO4. The van der Waals surface area contributed by atoms with Crippen molar-refractivity contribution < 1.29 is 24.1 Å². The van der Waals surface area contributed by atoms with E-state index in [1.54, 1.807) is 24.3 Å². The zero-order chi connectivity index (χ0) is 24.4. The number of likely N-dealkylation sites (tertiary alicyclic amines) is 1. The van der Waals surface area contributed by atoms with Crippen LogP contribution in [0.15, 0.2) is 66.7 Å². The Morgan fingerprint density at radius 3 is 2.37 bits per heavy atom. The SMILES string of the molecule is CCC1=C(c2ccc(O)cc2)C(c2ccc(OCCN3CC(CF)C3)cc2)Oc2cc(O)ccc21. The summed E-state index contributed by atoms with van der Waals surface area (Å²) in [5, 5.41) is 19.9. The maximum absolute atomic E-state index is 12.6. The van der Waals surface area contributed by atoms with Gasteiger partial charge in [0, 0.05) is 42.8 Å². The van der Waals surface area contributed by atoms with E-state index in [4.69, 9.17) is 9.47 Å². The molecule has 5 nitrogen and oxygen atoms in total. The van der Waals surface area contributed by atoms with Gasteiger partial charge in [0.15, 0.2) is 0 Å². The van der Waals surface area contributed by atoms with E-state index in [9.17, 15) is 14.6 Å². The van der Waals surface area contributed by atoms with Crippen molar-refractivity contribution in [2.45, 2.75) is 19.4 Å². The summed E-state index contributed by atoms with van der Waals surface area (Å²) in [6, 6.07) is 20.3. The number of benzene rings is 3. The third-order valence-corrected chi connectivity index (χ3v) is 6.76. The van der Waals surface area contributed by atoms with Gasteiger partial charge in [0.2, 0.25) is 0 Å². The second-order valence-corrected chi connectivity index (χ2v) is 9.17. The fraction of sp³-hybridized carbons (Fsp3) is 0.310. The lowest BCUT2D eigenvalue weighted by molar-refractivity contribution is 0.0668. The van der Waals surface area contributed by atoms with Crippen LogP contribution in [-0.4, -0.2) is 48.0 Å². The van der Waals surface area contributed by atoms with Crippen molar-refractivity contribution in [2.24, 2.45) is 5.92 Å². The van der Waals surface area contributed by atoms with Gasteiger partial charge >= 0.3 is 0 Å². The minimum absolute atomic E-state index is 0.162. The van der Waals surface area contributed by atoms with Crippen LogP contribution in [0.5, 0.6) is 23.0 Å². The summed E-state index contributed by atoms with van der Waals surface area (Å²) in [5.41, 5.74) is 5.09. The van der Waals surface area contributed by atoms with Crippen molar-refractivity contribution >= 4 is 11.1 Å². The molecule has 35 heavy (non-hydrogen) atoms. The second-order valence-electron chi connectivity index (χ2n) is 9.17. The molecule has 0 amide bonds. The van der Waals surface area contributed by atoms with Crippen LogP contribution in [-0.2, 0) is 0 Å². The molecule has 0 bridgehead atoms. The van der Waals surface area contributed by atoms with Crippen LogP contribution >= 0.6 is 0 Å². The van der Waals surface area contributed by atoms with E-state index in [0.29, 0.717) is 12.4 Å². The predicted octanol–water partition coefficient (Wildman–Crippen LogP) is 5.83. The number of fused-ring (bicyclic) bond motifs is 1. The number of rotatable bonds is 8. The van der Waals surface area contributed by atoms with Crippen LogP contribution in [0, 0.1) is 5.92 Å². The molecule has 2 aliphatic heterocycles. The number of nitrogens with zero attached hydrogens (tertiary/aromatic N) is 1. The summed E-state index contributed by atoms with van der Waals surface area (Å²) < 4.78 is 25.0. The molecule has 6 heteroatoms. The average Bonchev–Trinajstić information content (AvgIpc) is 2.85. The van der Waals surface area contributed by atoms with Gasteiger partial charge < -0.3 is 19.7 Å². The Labute approximate surface area is 205 Å². The van der Waals surface area contributed by atoms with Crippen LogP contribution < -0.4 is 9.47 Å². The third kappa shape index (κ3) is 4.84. The minimum atomic E-state index is -0.378. The quantitative estimate of drug-likeness (QED) is 0.429. The molecule has 1 fully saturated rings. The summed E-state index contributed by atoms with van der Waals surface area (Å²) in [6.07, 6.45) is 0.408. The van der Waals surface area contributed by atoms with Gasteiger partial charge in [0.1, 0.15) is 35.7 Å². The normalized spacial score (nSPS) is 18.1. The predicted molar refractivity (Wildman–Crippen MR) is 135 cm³/mol. The van der Waals surface area contributed by atoms with Gasteiger partial charge in [-0.05, 0) is 59.5 Å². The van der Waals surface area contributed by atoms with Crippen LogP contribution in [0.4, 0.5) is 4.39 Å². The van der Waals surface area contributed by atoms with Gasteiger partial charge in [0.25, 0.3) is 0 Å². The Balaban J connectivity index is 1.40. The summed E-state index contributed by atoms with van der Waals surface area (Å²) in [7, 11) is 0. The standard InChI is InChI=1S/C29H30FNO4/c1-2-25-26-12-9-23(33)15-27(26)35-29(28(25)20-3-7-22(32)8-4-20)21-5-10-24(11-6-21)34-14-13-31-17-19(16-30)18-31/h3-12,15,19,29,32-33H,2,13-14,16-18H2,1H3. The Morgan fingerprint density at radius 2 is 1.69 bits per heavy atom. The molecular weight excluding hydrogens is 445 g/mol.